The highest BCUT2D eigenvalue weighted by Gasteiger charge is 2.35. The molecule has 1 atom stereocenters. The molecule has 1 saturated heterocycles. The molecule has 84 valence electrons. The molecule has 1 fully saturated rings. The molecule has 4 nitrogen and oxygen atoms in total. The second-order valence-electron chi connectivity index (χ2n) is 4.14. The van der Waals surface area contributed by atoms with Crippen LogP contribution in [0.25, 0.3) is 0 Å². The van der Waals surface area contributed by atoms with Gasteiger partial charge in [-0.3, -0.25) is 0 Å². The third-order valence-corrected chi connectivity index (χ3v) is 3.66. The van der Waals surface area contributed by atoms with Crippen LogP contribution >= 0.6 is 11.8 Å². The van der Waals surface area contributed by atoms with E-state index >= 15 is 0 Å². The fourth-order valence-electron chi connectivity index (χ4n) is 1.75. The molecule has 2 rings (SSSR count). The van der Waals surface area contributed by atoms with Crippen LogP contribution in [-0.4, -0.2) is 29.0 Å². The molecule has 0 amide bonds. The average molecular weight is 227 g/mol. The minimum absolute atomic E-state index is 0.0438. The number of nitrogens with one attached hydrogen (secondary N) is 1. The highest BCUT2D eigenvalue weighted by Crippen LogP contribution is 2.28. The zero-order chi connectivity index (χ0) is 10.7. The first-order valence-corrected chi connectivity index (χ1v) is 6.51. The number of aromatic nitrogens is 2. The Morgan fingerprint density at radius 2 is 2.47 bits per heavy atom. The van der Waals surface area contributed by atoms with Crippen molar-refractivity contribution in [3.8, 4) is 0 Å². The molecule has 1 aromatic heterocycles. The highest BCUT2D eigenvalue weighted by atomic mass is 32.2. The Balaban J connectivity index is 2.05. The topological polar surface area (TPSA) is 51.0 Å². The van der Waals surface area contributed by atoms with Crippen LogP contribution in [0.4, 0.5) is 0 Å². The molecule has 1 N–H and O–H groups in total. The number of rotatable bonds is 4. The molecule has 0 aliphatic carbocycles. The molecule has 0 bridgehead atoms. The second kappa shape index (κ2) is 4.53. The van der Waals surface area contributed by atoms with Crippen molar-refractivity contribution >= 4 is 11.8 Å². The van der Waals surface area contributed by atoms with Gasteiger partial charge >= 0.3 is 0 Å². The summed E-state index contributed by atoms with van der Waals surface area (Å²) in [5, 5.41) is 7.34. The Kier molecular flexibility index (Phi) is 3.31. The van der Waals surface area contributed by atoms with E-state index in [4.69, 9.17) is 4.52 Å². The van der Waals surface area contributed by atoms with E-state index in [2.05, 4.69) is 29.3 Å². The normalized spacial score (nSPS) is 26.0. The van der Waals surface area contributed by atoms with Gasteiger partial charge in [-0.15, -0.1) is 0 Å². The summed E-state index contributed by atoms with van der Waals surface area (Å²) in [7, 11) is 0. The SMILES string of the molecule is CCSCc1noc(C2(C)CCNC2)n1. The molecule has 1 aromatic rings. The van der Waals surface area contributed by atoms with E-state index in [1.807, 2.05) is 11.8 Å². The van der Waals surface area contributed by atoms with Crippen molar-refractivity contribution in [2.45, 2.75) is 31.4 Å². The van der Waals surface area contributed by atoms with E-state index in [9.17, 15) is 0 Å². The molecule has 0 spiro atoms. The predicted molar refractivity (Wildman–Crippen MR) is 61.0 cm³/mol. The number of hydrogen-bond acceptors (Lipinski definition) is 5. The lowest BCUT2D eigenvalue weighted by molar-refractivity contribution is 0.305. The second-order valence-corrected chi connectivity index (χ2v) is 5.41. The molecular formula is C10H17N3OS. The highest BCUT2D eigenvalue weighted by molar-refractivity contribution is 7.98. The summed E-state index contributed by atoms with van der Waals surface area (Å²) in [4.78, 5) is 4.46. The van der Waals surface area contributed by atoms with Crippen molar-refractivity contribution in [1.29, 1.82) is 0 Å². The third kappa shape index (κ3) is 2.34. The lowest BCUT2D eigenvalue weighted by atomic mass is 9.90. The lowest BCUT2D eigenvalue weighted by Gasteiger charge is -2.15. The van der Waals surface area contributed by atoms with Crippen molar-refractivity contribution in [3.63, 3.8) is 0 Å². The number of thioether (sulfide) groups is 1. The van der Waals surface area contributed by atoms with E-state index in [0.29, 0.717) is 0 Å². The summed E-state index contributed by atoms with van der Waals surface area (Å²) in [5.41, 5.74) is 0.0438. The molecule has 1 aliphatic heterocycles. The number of nitrogens with zero attached hydrogens (tertiary/aromatic N) is 2. The van der Waals surface area contributed by atoms with Crippen LogP contribution < -0.4 is 5.32 Å². The first kappa shape index (κ1) is 11.0. The van der Waals surface area contributed by atoms with Crippen LogP contribution in [0.3, 0.4) is 0 Å². The predicted octanol–water partition coefficient (Wildman–Crippen LogP) is 1.57. The van der Waals surface area contributed by atoms with E-state index in [-0.39, 0.29) is 5.41 Å². The summed E-state index contributed by atoms with van der Waals surface area (Å²) in [6.45, 7) is 6.29. The summed E-state index contributed by atoms with van der Waals surface area (Å²) in [6.07, 6.45) is 1.08. The summed E-state index contributed by atoms with van der Waals surface area (Å²) < 4.78 is 5.33. The Labute approximate surface area is 94.2 Å². The van der Waals surface area contributed by atoms with E-state index < -0.39 is 0 Å². The molecule has 1 aliphatic rings. The van der Waals surface area contributed by atoms with Crippen LogP contribution in [0.15, 0.2) is 4.52 Å². The molecule has 0 saturated carbocycles. The van der Waals surface area contributed by atoms with Gasteiger partial charge in [0.05, 0.1) is 11.2 Å². The van der Waals surface area contributed by atoms with Gasteiger partial charge in [0.15, 0.2) is 5.82 Å². The first-order chi connectivity index (χ1) is 7.24. The van der Waals surface area contributed by atoms with Gasteiger partial charge in [0, 0.05) is 6.54 Å². The molecule has 2 heterocycles. The van der Waals surface area contributed by atoms with Crippen molar-refractivity contribution in [2.24, 2.45) is 0 Å². The van der Waals surface area contributed by atoms with E-state index in [1.54, 1.807) is 0 Å². The van der Waals surface area contributed by atoms with Gasteiger partial charge in [-0.1, -0.05) is 12.1 Å². The lowest BCUT2D eigenvalue weighted by Crippen LogP contribution is -2.25. The van der Waals surface area contributed by atoms with E-state index in [1.165, 1.54) is 0 Å². The molecule has 0 radical (unpaired) electrons. The van der Waals surface area contributed by atoms with Crippen molar-refractivity contribution in [1.82, 2.24) is 15.5 Å². The van der Waals surface area contributed by atoms with Gasteiger partial charge in [0.25, 0.3) is 0 Å². The van der Waals surface area contributed by atoms with Crippen LogP contribution in [-0.2, 0) is 11.2 Å². The third-order valence-electron chi connectivity index (χ3n) is 2.79. The Morgan fingerprint density at radius 1 is 1.60 bits per heavy atom. The number of hydrogen-bond donors (Lipinski definition) is 1. The van der Waals surface area contributed by atoms with Crippen LogP contribution in [0, 0.1) is 0 Å². The van der Waals surface area contributed by atoms with Gasteiger partial charge in [-0.25, -0.2) is 0 Å². The minimum atomic E-state index is 0.0438. The Morgan fingerprint density at radius 3 is 3.13 bits per heavy atom. The monoisotopic (exact) mass is 227 g/mol. The molecular weight excluding hydrogens is 210 g/mol. The van der Waals surface area contributed by atoms with Gasteiger partial charge < -0.3 is 9.84 Å². The quantitative estimate of drug-likeness (QED) is 0.846. The molecule has 5 heteroatoms. The fraction of sp³-hybridized carbons (Fsp3) is 0.800. The smallest absolute Gasteiger partial charge is 0.233 e. The zero-order valence-electron chi connectivity index (χ0n) is 9.25. The van der Waals surface area contributed by atoms with Gasteiger partial charge in [0.1, 0.15) is 0 Å². The van der Waals surface area contributed by atoms with E-state index in [0.717, 1.165) is 42.7 Å². The molecule has 1 unspecified atom stereocenters. The van der Waals surface area contributed by atoms with Crippen molar-refractivity contribution < 1.29 is 4.52 Å². The summed E-state index contributed by atoms with van der Waals surface area (Å²) >= 11 is 1.82. The maximum atomic E-state index is 5.33. The maximum Gasteiger partial charge on any atom is 0.233 e. The maximum absolute atomic E-state index is 5.33. The Bertz CT molecular complexity index is 320. The molecule has 15 heavy (non-hydrogen) atoms. The Hall–Kier alpha value is -0.550. The largest absolute Gasteiger partial charge is 0.339 e. The summed E-state index contributed by atoms with van der Waals surface area (Å²) in [6, 6.07) is 0. The standard InChI is InChI=1S/C10H17N3OS/c1-3-15-6-8-12-9(14-13-8)10(2)4-5-11-7-10/h11H,3-7H2,1-2H3. The van der Waals surface area contributed by atoms with Crippen molar-refractivity contribution in [3.05, 3.63) is 11.7 Å². The molecule has 0 aromatic carbocycles. The van der Waals surface area contributed by atoms with Crippen molar-refractivity contribution in [2.75, 3.05) is 18.8 Å². The summed E-state index contributed by atoms with van der Waals surface area (Å²) in [5.74, 6) is 3.55. The minimum Gasteiger partial charge on any atom is -0.339 e. The van der Waals surface area contributed by atoms with Crippen LogP contribution in [0.2, 0.25) is 0 Å². The zero-order valence-corrected chi connectivity index (χ0v) is 10.1. The van der Waals surface area contributed by atoms with Crippen LogP contribution in [0.5, 0.6) is 0 Å². The van der Waals surface area contributed by atoms with Gasteiger partial charge in [-0.2, -0.15) is 16.7 Å². The van der Waals surface area contributed by atoms with Crippen LogP contribution in [0.1, 0.15) is 32.0 Å². The average Bonchev–Trinajstić information content (AvgIpc) is 2.84. The first-order valence-electron chi connectivity index (χ1n) is 5.36. The van der Waals surface area contributed by atoms with Gasteiger partial charge in [-0.05, 0) is 25.6 Å². The fourth-order valence-corrected chi connectivity index (χ4v) is 2.25. The van der Waals surface area contributed by atoms with Gasteiger partial charge in [0.2, 0.25) is 5.89 Å².